The molecule has 286 valence electrons. The minimum absolute atomic E-state index is 0.564. The van der Waals surface area contributed by atoms with Crippen molar-refractivity contribution in [3.05, 3.63) is 206 Å². The molecule has 61 heavy (non-hydrogen) atoms. The van der Waals surface area contributed by atoms with Gasteiger partial charge in [0, 0.05) is 65.1 Å². The highest BCUT2D eigenvalue weighted by Crippen LogP contribution is 2.45. The second-order valence-corrected chi connectivity index (χ2v) is 16.3. The molecular weight excluding hydrogens is 765 g/mol. The molecule has 0 N–H and O–H groups in total. The van der Waals surface area contributed by atoms with Crippen molar-refractivity contribution in [2.75, 3.05) is 4.90 Å². The number of anilines is 3. The zero-order valence-electron chi connectivity index (χ0n) is 32.7. The largest absolute Gasteiger partial charge is 0.456 e. The molecular formula is C55H34N4OS. The standard InChI is InChI=1S/C55H34N4OS/c1-3-14-35(15-4-1)36-26-28-39(29-27-36)59(40-30-31-51-46(32-40)43-21-10-12-25-50(43)61-51)41-33-47(52-45-22-9-11-24-48(45)60-49(52)34-41)55-57-53(38-17-5-2-6-18-38)56-54(58-55)44-23-13-19-37-16-7-8-20-42(37)44/h1-34H. The number of fused-ring (bicyclic) bond motifs is 7. The van der Waals surface area contributed by atoms with E-state index in [4.69, 9.17) is 19.4 Å². The molecule has 0 aliphatic carbocycles. The molecule has 0 atom stereocenters. The van der Waals surface area contributed by atoms with E-state index in [0.29, 0.717) is 17.5 Å². The lowest BCUT2D eigenvalue weighted by molar-refractivity contribution is 0.669. The molecule has 0 bridgehead atoms. The maximum absolute atomic E-state index is 6.76. The summed E-state index contributed by atoms with van der Waals surface area (Å²) in [4.78, 5) is 18.1. The Bertz CT molecular complexity index is 3590. The molecule has 0 aliphatic heterocycles. The summed E-state index contributed by atoms with van der Waals surface area (Å²) in [5.74, 6) is 1.77. The smallest absolute Gasteiger partial charge is 0.164 e. The molecule has 0 spiro atoms. The molecule has 12 aromatic rings. The van der Waals surface area contributed by atoms with Gasteiger partial charge in [0.05, 0.1) is 5.69 Å². The van der Waals surface area contributed by atoms with E-state index in [1.807, 2.05) is 41.7 Å². The van der Waals surface area contributed by atoms with E-state index in [0.717, 1.165) is 72.0 Å². The summed E-state index contributed by atoms with van der Waals surface area (Å²) in [7, 11) is 0. The molecule has 0 aliphatic rings. The molecule has 5 nitrogen and oxygen atoms in total. The maximum Gasteiger partial charge on any atom is 0.164 e. The van der Waals surface area contributed by atoms with Crippen LogP contribution in [0.15, 0.2) is 211 Å². The second kappa shape index (κ2) is 14.4. The highest BCUT2D eigenvalue weighted by molar-refractivity contribution is 7.25. The number of hydrogen-bond donors (Lipinski definition) is 0. The third-order valence-electron chi connectivity index (χ3n) is 11.5. The van der Waals surface area contributed by atoms with E-state index >= 15 is 0 Å². The Hall–Kier alpha value is -7.93. The van der Waals surface area contributed by atoms with Crippen molar-refractivity contribution in [3.8, 4) is 45.3 Å². The van der Waals surface area contributed by atoms with Gasteiger partial charge in [-0.15, -0.1) is 11.3 Å². The number of furan rings is 1. The lowest BCUT2D eigenvalue weighted by atomic mass is 10.0. The van der Waals surface area contributed by atoms with Gasteiger partial charge < -0.3 is 9.32 Å². The summed E-state index contributed by atoms with van der Waals surface area (Å²) in [6.45, 7) is 0. The van der Waals surface area contributed by atoms with Gasteiger partial charge in [-0.3, -0.25) is 0 Å². The van der Waals surface area contributed by atoms with Gasteiger partial charge in [-0.2, -0.15) is 0 Å². The molecule has 0 radical (unpaired) electrons. The van der Waals surface area contributed by atoms with Gasteiger partial charge in [-0.05, 0) is 70.4 Å². The van der Waals surface area contributed by atoms with Crippen molar-refractivity contribution in [1.29, 1.82) is 0 Å². The fourth-order valence-electron chi connectivity index (χ4n) is 8.63. The van der Waals surface area contributed by atoms with Crippen LogP contribution in [-0.4, -0.2) is 15.0 Å². The number of nitrogens with zero attached hydrogens (tertiary/aromatic N) is 4. The van der Waals surface area contributed by atoms with Gasteiger partial charge in [0.1, 0.15) is 11.2 Å². The van der Waals surface area contributed by atoms with Crippen LogP contribution in [0.2, 0.25) is 0 Å². The third kappa shape index (κ3) is 6.12. The fraction of sp³-hybridized carbons (Fsp3) is 0. The first-order chi connectivity index (χ1) is 30.2. The van der Waals surface area contributed by atoms with Gasteiger partial charge >= 0.3 is 0 Å². The summed E-state index contributed by atoms with van der Waals surface area (Å²) in [6.07, 6.45) is 0. The minimum atomic E-state index is 0.564. The number of benzene rings is 9. The van der Waals surface area contributed by atoms with E-state index in [1.165, 1.54) is 25.7 Å². The van der Waals surface area contributed by atoms with Crippen LogP contribution in [0.1, 0.15) is 0 Å². The Morgan fingerprint density at radius 2 is 0.967 bits per heavy atom. The van der Waals surface area contributed by atoms with Crippen molar-refractivity contribution in [2.45, 2.75) is 0 Å². The van der Waals surface area contributed by atoms with Crippen molar-refractivity contribution in [1.82, 2.24) is 15.0 Å². The first kappa shape index (κ1) is 35.1. The molecule has 0 fully saturated rings. The van der Waals surface area contributed by atoms with E-state index in [9.17, 15) is 0 Å². The van der Waals surface area contributed by atoms with E-state index in [2.05, 4.69) is 181 Å². The molecule has 3 heterocycles. The first-order valence-electron chi connectivity index (χ1n) is 20.3. The SMILES string of the molecule is c1ccc(-c2ccc(N(c3cc(-c4nc(-c5ccccc5)nc(-c5cccc6ccccc56)n4)c4c(c3)oc3ccccc34)c3ccc4sc5ccccc5c4c3)cc2)cc1. The number of aromatic nitrogens is 3. The molecule has 9 aromatic carbocycles. The zero-order valence-corrected chi connectivity index (χ0v) is 33.6. The average molecular weight is 799 g/mol. The lowest BCUT2D eigenvalue weighted by Crippen LogP contribution is -2.10. The van der Waals surface area contributed by atoms with E-state index in [1.54, 1.807) is 0 Å². The van der Waals surface area contributed by atoms with Crippen LogP contribution in [-0.2, 0) is 0 Å². The molecule has 3 aromatic heterocycles. The average Bonchev–Trinajstić information content (AvgIpc) is 3.90. The van der Waals surface area contributed by atoms with Crippen LogP contribution in [0.25, 0.3) is 98.2 Å². The Balaban J connectivity index is 1.13. The highest BCUT2D eigenvalue weighted by Gasteiger charge is 2.23. The Kier molecular flexibility index (Phi) is 8.28. The minimum Gasteiger partial charge on any atom is -0.456 e. The number of para-hydroxylation sites is 1. The summed E-state index contributed by atoms with van der Waals surface area (Å²) < 4.78 is 9.28. The van der Waals surface area contributed by atoms with Crippen molar-refractivity contribution >= 4 is 81.3 Å². The fourth-order valence-corrected chi connectivity index (χ4v) is 9.72. The van der Waals surface area contributed by atoms with Crippen LogP contribution in [0, 0.1) is 0 Å². The van der Waals surface area contributed by atoms with E-state index < -0.39 is 0 Å². The van der Waals surface area contributed by atoms with Crippen molar-refractivity contribution in [2.24, 2.45) is 0 Å². The van der Waals surface area contributed by atoms with Gasteiger partial charge in [0.15, 0.2) is 17.5 Å². The zero-order chi connectivity index (χ0) is 40.3. The Labute approximate surface area is 355 Å². The predicted octanol–water partition coefficient (Wildman–Crippen LogP) is 15.4. The number of hydrogen-bond acceptors (Lipinski definition) is 6. The van der Waals surface area contributed by atoms with Crippen LogP contribution >= 0.6 is 11.3 Å². The summed E-state index contributed by atoms with van der Waals surface area (Å²) in [5.41, 5.74) is 9.53. The maximum atomic E-state index is 6.76. The normalized spacial score (nSPS) is 11.6. The molecule has 0 saturated heterocycles. The Morgan fingerprint density at radius 3 is 1.79 bits per heavy atom. The van der Waals surface area contributed by atoms with Crippen LogP contribution < -0.4 is 4.90 Å². The Morgan fingerprint density at radius 1 is 0.361 bits per heavy atom. The van der Waals surface area contributed by atoms with Crippen molar-refractivity contribution < 1.29 is 4.42 Å². The van der Waals surface area contributed by atoms with Crippen LogP contribution in [0.5, 0.6) is 0 Å². The lowest BCUT2D eigenvalue weighted by Gasteiger charge is -2.26. The molecule has 6 heteroatoms. The monoisotopic (exact) mass is 798 g/mol. The van der Waals surface area contributed by atoms with Gasteiger partial charge in [-0.25, -0.2) is 15.0 Å². The number of rotatable bonds is 7. The topological polar surface area (TPSA) is 55.1 Å². The van der Waals surface area contributed by atoms with Gasteiger partial charge in [0.25, 0.3) is 0 Å². The quantitative estimate of drug-likeness (QED) is 0.161. The van der Waals surface area contributed by atoms with E-state index in [-0.39, 0.29) is 0 Å². The summed E-state index contributed by atoms with van der Waals surface area (Å²) >= 11 is 1.82. The first-order valence-corrected chi connectivity index (χ1v) is 21.2. The molecule has 0 unspecified atom stereocenters. The van der Waals surface area contributed by atoms with Crippen LogP contribution in [0.3, 0.4) is 0 Å². The van der Waals surface area contributed by atoms with Gasteiger partial charge in [0.2, 0.25) is 0 Å². The molecule has 0 saturated carbocycles. The third-order valence-corrected chi connectivity index (χ3v) is 12.7. The molecule has 0 amide bonds. The predicted molar refractivity (Wildman–Crippen MR) is 254 cm³/mol. The molecule has 12 rings (SSSR count). The van der Waals surface area contributed by atoms with Crippen LogP contribution in [0.4, 0.5) is 17.1 Å². The van der Waals surface area contributed by atoms with Gasteiger partial charge in [-0.1, -0.05) is 152 Å². The highest BCUT2D eigenvalue weighted by atomic mass is 32.1. The van der Waals surface area contributed by atoms with Crippen molar-refractivity contribution in [3.63, 3.8) is 0 Å². The summed E-state index contributed by atoms with van der Waals surface area (Å²) in [5, 5.41) is 6.62. The second-order valence-electron chi connectivity index (χ2n) is 15.2. The number of thiophene rings is 1. The summed E-state index contributed by atoms with van der Waals surface area (Å²) in [6, 6.07) is 72.2.